The van der Waals surface area contributed by atoms with Crippen molar-refractivity contribution in [1.29, 1.82) is 5.26 Å². The summed E-state index contributed by atoms with van der Waals surface area (Å²) < 4.78 is 11.6. The van der Waals surface area contributed by atoms with Crippen LogP contribution in [0.25, 0.3) is 11.3 Å². The Morgan fingerprint density at radius 1 is 1.20 bits per heavy atom. The number of halogens is 1. The number of benzene rings is 2. The summed E-state index contributed by atoms with van der Waals surface area (Å²) >= 11 is 4.68. The second kappa shape index (κ2) is 8.78. The molecule has 1 N–H and O–H groups in total. The van der Waals surface area contributed by atoms with Crippen molar-refractivity contribution in [2.75, 3.05) is 17.9 Å². The fraction of sp³-hybridized carbons (Fsp3) is 0.136. The Kier molecular flexibility index (Phi) is 5.93. The van der Waals surface area contributed by atoms with Crippen molar-refractivity contribution >= 4 is 39.3 Å². The van der Waals surface area contributed by atoms with E-state index in [1.54, 1.807) is 12.1 Å². The second-order valence-electron chi connectivity index (χ2n) is 6.55. The maximum absolute atomic E-state index is 12.4. The van der Waals surface area contributed by atoms with Crippen molar-refractivity contribution in [2.24, 2.45) is 0 Å². The van der Waals surface area contributed by atoms with Gasteiger partial charge in [-0.2, -0.15) is 5.26 Å². The minimum absolute atomic E-state index is 0.132. The van der Waals surface area contributed by atoms with Gasteiger partial charge in [0.25, 0.3) is 0 Å². The van der Waals surface area contributed by atoms with Crippen LogP contribution in [0.5, 0.6) is 11.5 Å². The first-order valence-electron chi connectivity index (χ1n) is 9.03. The summed E-state index contributed by atoms with van der Waals surface area (Å²) in [5, 5.41) is 12.8. The van der Waals surface area contributed by atoms with Crippen LogP contribution in [-0.4, -0.2) is 23.4 Å². The van der Waals surface area contributed by atoms with E-state index in [-0.39, 0.29) is 18.5 Å². The number of ether oxygens (including phenoxy) is 2. The lowest BCUT2D eigenvalue weighted by atomic mass is 10.1. The van der Waals surface area contributed by atoms with Gasteiger partial charge in [-0.25, -0.2) is 4.98 Å². The number of hydrogen-bond acceptors (Lipinski definition) is 6. The fourth-order valence-electron chi connectivity index (χ4n) is 2.89. The van der Waals surface area contributed by atoms with E-state index in [2.05, 4.69) is 32.3 Å². The quantitative estimate of drug-likeness (QED) is 0.507. The number of amides is 1. The monoisotopic (exact) mass is 481 g/mol. The maximum Gasteiger partial charge on any atom is 0.234 e. The van der Waals surface area contributed by atoms with E-state index in [9.17, 15) is 10.1 Å². The molecule has 4 rings (SSSR count). The van der Waals surface area contributed by atoms with Crippen LogP contribution < -0.4 is 14.8 Å². The molecular formula is C22H16BrN3O3S. The number of aromatic nitrogens is 1. The van der Waals surface area contributed by atoms with E-state index in [1.165, 1.54) is 11.8 Å². The summed E-state index contributed by atoms with van der Waals surface area (Å²) in [6, 6.07) is 16.9. The molecule has 3 aromatic rings. The molecular weight excluding hydrogens is 466 g/mol. The van der Waals surface area contributed by atoms with Gasteiger partial charge in [0.15, 0.2) is 11.5 Å². The number of fused-ring (bicyclic) bond motifs is 1. The van der Waals surface area contributed by atoms with Crippen molar-refractivity contribution in [3.63, 3.8) is 0 Å². The lowest BCUT2D eigenvalue weighted by Gasteiger charge is -2.09. The molecule has 1 amide bonds. The van der Waals surface area contributed by atoms with Crippen molar-refractivity contribution in [1.82, 2.24) is 4.98 Å². The zero-order chi connectivity index (χ0) is 21.1. The van der Waals surface area contributed by atoms with Crippen LogP contribution in [0.15, 0.2) is 58.0 Å². The molecule has 8 heteroatoms. The molecule has 0 spiro atoms. The minimum Gasteiger partial charge on any atom is -0.454 e. The number of pyridine rings is 1. The molecule has 0 fully saturated rings. The number of aryl methyl sites for hydroxylation is 1. The Labute approximate surface area is 186 Å². The van der Waals surface area contributed by atoms with Crippen LogP contribution >= 0.6 is 27.7 Å². The van der Waals surface area contributed by atoms with E-state index in [1.807, 2.05) is 43.3 Å². The zero-order valence-electron chi connectivity index (χ0n) is 15.9. The molecule has 2 aromatic carbocycles. The average Bonchev–Trinajstić information content (AvgIpc) is 3.22. The Morgan fingerprint density at radius 3 is 2.83 bits per heavy atom. The number of nitrogens with one attached hydrogen (secondary N) is 1. The molecule has 6 nitrogen and oxygen atoms in total. The molecule has 0 bridgehead atoms. The zero-order valence-corrected chi connectivity index (χ0v) is 18.3. The summed E-state index contributed by atoms with van der Waals surface area (Å²) in [4.78, 5) is 17.0. The van der Waals surface area contributed by atoms with E-state index in [0.717, 1.165) is 15.6 Å². The summed E-state index contributed by atoms with van der Waals surface area (Å²) in [6.45, 7) is 2.18. The predicted octanol–water partition coefficient (Wildman–Crippen LogP) is 5.15. The molecule has 1 aromatic heterocycles. The lowest BCUT2D eigenvalue weighted by molar-refractivity contribution is -0.113. The smallest absolute Gasteiger partial charge is 0.234 e. The number of carbonyl (C=O) groups is 1. The Bertz CT molecular complexity index is 1180. The molecule has 30 heavy (non-hydrogen) atoms. The van der Waals surface area contributed by atoms with E-state index < -0.39 is 0 Å². The minimum atomic E-state index is -0.177. The highest BCUT2D eigenvalue weighted by Crippen LogP contribution is 2.36. The number of nitrogens with zero attached hydrogens (tertiary/aromatic N) is 2. The summed E-state index contributed by atoms with van der Waals surface area (Å²) in [5.74, 6) is 1.31. The Hall–Kier alpha value is -3.02. The first-order valence-corrected chi connectivity index (χ1v) is 10.8. The van der Waals surface area contributed by atoms with Crippen LogP contribution in [-0.2, 0) is 4.79 Å². The van der Waals surface area contributed by atoms with Gasteiger partial charge in [0.1, 0.15) is 11.1 Å². The molecule has 0 saturated heterocycles. The Morgan fingerprint density at radius 2 is 2.03 bits per heavy atom. The first-order chi connectivity index (χ1) is 14.5. The molecule has 1 aliphatic rings. The van der Waals surface area contributed by atoms with Gasteiger partial charge in [-0.15, -0.1) is 0 Å². The predicted molar refractivity (Wildman–Crippen MR) is 119 cm³/mol. The summed E-state index contributed by atoms with van der Waals surface area (Å²) in [7, 11) is 0. The number of anilines is 1. The van der Waals surface area contributed by atoms with Gasteiger partial charge in [-0.3, -0.25) is 4.79 Å². The van der Waals surface area contributed by atoms with Gasteiger partial charge >= 0.3 is 0 Å². The average molecular weight is 482 g/mol. The fourth-order valence-corrected chi connectivity index (χ4v) is 4.26. The summed E-state index contributed by atoms with van der Waals surface area (Å²) in [5.41, 5.74) is 3.76. The highest BCUT2D eigenvalue weighted by molar-refractivity contribution is 9.10. The molecule has 0 unspecified atom stereocenters. The van der Waals surface area contributed by atoms with Crippen molar-refractivity contribution in [3.8, 4) is 28.8 Å². The maximum atomic E-state index is 12.4. The molecule has 150 valence electrons. The van der Waals surface area contributed by atoms with Crippen LogP contribution in [0, 0.1) is 18.3 Å². The largest absolute Gasteiger partial charge is 0.454 e. The van der Waals surface area contributed by atoms with E-state index in [0.29, 0.717) is 33.5 Å². The van der Waals surface area contributed by atoms with Crippen molar-refractivity contribution < 1.29 is 14.3 Å². The number of thioether (sulfide) groups is 1. The molecule has 1 aliphatic heterocycles. The van der Waals surface area contributed by atoms with Gasteiger partial charge in [-0.05, 0) is 70.9 Å². The summed E-state index contributed by atoms with van der Waals surface area (Å²) in [6.07, 6.45) is 0. The third kappa shape index (κ3) is 4.42. The number of hydrogen-bond donors (Lipinski definition) is 1. The van der Waals surface area contributed by atoms with Crippen molar-refractivity contribution in [2.45, 2.75) is 11.9 Å². The second-order valence-corrected chi connectivity index (χ2v) is 8.37. The lowest BCUT2D eigenvalue weighted by Crippen LogP contribution is -2.14. The van der Waals surface area contributed by atoms with E-state index >= 15 is 0 Å². The highest BCUT2D eigenvalue weighted by atomic mass is 79.9. The standard InChI is InChI=1S/C22H16BrN3O3S/c1-13-2-5-18(16(23)8-13)25-21(27)11-30-22-15(10-24)3-6-17(26-22)14-4-7-19-20(9-14)29-12-28-19/h2-9H,11-12H2,1H3,(H,25,27). The molecule has 0 atom stereocenters. The number of nitriles is 1. The Balaban J connectivity index is 1.50. The van der Waals surface area contributed by atoms with Gasteiger partial charge in [0.2, 0.25) is 12.7 Å². The third-order valence-corrected chi connectivity index (χ3v) is 6.03. The third-order valence-electron chi connectivity index (χ3n) is 4.39. The SMILES string of the molecule is Cc1ccc(NC(=O)CSc2nc(-c3ccc4c(c3)OCO4)ccc2C#N)c(Br)c1. The molecule has 0 saturated carbocycles. The number of carbonyl (C=O) groups excluding carboxylic acids is 1. The topological polar surface area (TPSA) is 84.2 Å². The van der Waals surface area contributed by atoms with Gasteiger partial charge in [0, 0.05) is 10.0 Å². The van der Waals surface area contributed by atoms with E-state index in [4.69, 9.17) is 9.47 Å². The first kappa shape index (κ1) is 20.3. The van der Waals surface area contributed by atoms with Crippen molar-refractivity contribution in [3.05, 3.63) is 64.1 Å². The van der Waals surface area contributed by atoms with Gasteiger partial charge in [0.05, 0.1) is 22.7 Å². The number of rotatable bonds is 5. The molecule has 0 radical (unpaired) electrons. The van der Waals surface area contributed by atoms with Crippen LogP contribution in [0.2, 0.25) is 0 Å². The highest BCUT2D eigenvalue weighted by Gasteiger charge is 2.16. The van der Waals surface area contributed by atoms with Crippen LogP contribution in [0.1, 0.15) is 11.1 Å². The van der Waals surface area contributed by atoms with Gasteiger partial charge in [-0.1, -0.05) is 17.8 Å². The van der Waals surface area contributed by atoms with Crippen LogP contribution in [0.4, 0.5) is 5.69 Å². The molecule has 0 aliphatic carbocycles. The normalized spacial score (nSPS) is 11.8. The van der Waals surface area contributed by atoms with Gasteiger partial charge < -0.3 is 14.8 Å². The van der Waals surface area contributed by atoms with Crippen LogP contribution in [0.3, 0.4) is 0 Å². The molecule has 2 heterocycles.